The highest BCUT2D eigenvalue weighted by molar-refractivity contribution is 5.80. The van der Waals surface area contributed by atoms with Crippen LogP contribution >= 0.6 is 0 Å². The van der Waals surface area contributed by atoms with Gasteiger partial charge in [-0.3, -0.25) is 0 Å². The summed E-state index contributed by atoms with van der Waals surface area (Å²) in [5, 5.41) is 10.7. The number of piperidine rings is 1. The Balaban J connectivity index is 1.61. The third-order valence-electron chi connectivity index (χ3n) is 4.18. The third kappa shape index (κ3) is 4.95. The molecule has 1 aromatic carbocycles. The molecule has 7 nitrogen and oxygen atoms in total. The molecule has 134 valence electrons. The first-order valence-electron chi connectivity index (χ1n) is 8.88. The number of rotatable bonds is 5. The van der Waals surface area contributed by atoms with Crippen molar-refractivity contribution in [2.45, 2.75) is 39.3 Å². The average molecular weight is 342 g/mol. The summed E-state index contributed by atoms with van der Waals surface area (Å²) in [6, 6.07) is 10.9. The Bertz CT molecular complexity index is 684. The van der Waals surface area contributed by atoms with Crippen LogP contribution in [0.4, 0.5) is 5.69 Å². The lowest BCUT2D eigenvalue weighted by molar-refractivity contribution is 0.387. The quantitative estimate of drug-likeness (QED) is 0.640. The van der Waals surface area contributed by atoms with E-state index in [2.05, 4.69) is 67.9 Å². The predicted molar refractivity (Wildman–Crippen MR) is 98.7 cm³/mol. The fraction of sp³-hybridized carbons (Fsp3) is 0.500. The molecule has 7 heteroatoms. The summed E-state index contributed by atoms with van der Waals surface area (Å²) in [5.74, 6) is 1.96. The zero-order chi connectivity index (χ0) is 17.5. The van der Waals surface area contributed by atoms with Gasteiger partial charge in [-0.25, -0.2) is 4.99 Å². The molecule has 1 fully saturated rings. The van der Waals surface area contributed by atoms with E-state index in [-0.39, 0.29) is 0 Å². The van der Waals surface area contributed by atoms with Crippen LogP contribution in [0.15, 0.2) is 39.8 Å². The second kappa shape index (κ2) is 8.50. The van der Waals surface area contributed by atoms with Crippen molar-refractivity contribution in [3.05, 3.63) is 42.0 Å². The first-order valence-corrected chi connectivity index (χ1v) is 8.88. The number of aliphatic imine (C=N–C) groups is 1. The van der Waals surface area contributed by atoms with E-state index in [1.165, 1.54) is 5.69 Å². The fourth-order valence-corrected chi connectivity index (χ4v) is 3.04. The van der Waals surface area contributed by atoms with Gasteiger partial charge in [-0.1, -0.05) is 23.4 Å². The Hall–Kier alpha value is -2.57. The molecular weight excluding hydrogens is 316 g/mol. The Morgan fingerprint density at radius 1 is 1.36 bits per heavy atom. The number of nitrogens with one attached hydrogen (secondary N) is 2. The van der Waals surface area contributed by atoms with Crippen molar-refractivity contribution in [3.8, 4) is 0 Å². The van der Waals surface area contributed by atoms with Gasteiger partial charge in [0.25, 0.3) is 0 Å². The molecular formula is C18H26N6O. The molecule has 1 aliphatic heterocycles. The predicted octanol–water partition coefficient (Wildman–Crippen LogP) is 2.10. The summed E-state index contributed by atoms with van der Waals surface area (Å²) in [6.07, 6.45) is 2.30. The van der Waals surface area contributed by atoms with E-state index in [1.54, 1.807) is 6.92 Å². The number of nitrogens with zero attached hydrogens (tertiary/aromatic N) is 4. The van der Waals surface area contributed by atoms with Crippen LogP contribution in [-0.4, -0.2) is 41.8 Å². The van der Waals surface area contributed by atoms with Crippen LogP contribution in [0.2, 0.25) is 0 Å². The highest BCUT2D eigenvalue weighted by Gasteiger charge is 2.20. The van der Waals surface area contributed by atoms with Crippen molar-refractivity contribution in [2.75, 3.05) is 24.5 Å². The molecule has 1 unspecified atom stereocenters. The molecule has 0 saturated carbocycles. The highest BCUT2D eigenvalue weighted by Crippen LogP contribution is 2.19. The van der Waals surface area contributed by atoms with E-state index in [0.29, 0.717) is 24.3 Å². The molecule has 0 spiro atoms. The summed E-state index contributed by atoms with van der Waals surface area (Å²) in [6.45, 7) is 7.12. The van der Waals surface area contributed by atoms with Crippen LogP contribution in [0.25, 0.3) is 0 Å². The van der Waals surface area contributed by atoms with Gasteiger partial charge in [-0.05, 0) is 31.9 Å². The molecule has 2 aromatic rings. The molecule has 0 aliphatic carbocycles. The van der Waals surface area contributed by atoms with E-state index in [9.17, 15) is 0 Å². The molecule has 2 N–H and O–H groups in total. The van der Waals surface area contributed by atoms with Crippen LogP contribution in [0.5, 0.6) is 0 Å². The molecule has 0 amide bonds. The number of para-hydroxylation sites is 1. The van der Waals surface area contributed by atoms with Gasteiger partial charge in [0.2, 0.25) is 5.89 Å². The number of guanidine groups is 1. The lowest BCUT2D eigenvalue weighted by Crippen LogP contribution is -2.51. The van der Waals surface area contributed by atoms with Gasteiger partial charge in [0.05, 0.1) is 0 Å². The van der Waals surface area contributed by atoms with Gasteiger partial charge < -0.3 is 20.1 Å². The largest absolute Gasteiger partial charge is 0.369 e. The molecule has 1 aromatic heterocycles. The summed E-state index contributed by atoms with van der Waals surface area (Å²) < 4.78 is 4.99. The maximum atomic E-state index is 4.99. The normalized spacial score (nSPS) is 18.2. The zero-order valence-corrected chi connectivity index (χ0v) is 14.9. The minimum atomic E-state index is 0.360. The maximum absolute atomic E-state index is 4.99. The van der Waals surface area contributed by atoms with Gasteiger partial charge in [0.15, 0.2) is 11.8 Å². The lowest BCUT2D eigenvalue weighted by atomic mass is 10.1. The number of anilines is 1. The molecule has 1 saturated heterocycles. The van der Waals surface area contributed by atoms with E-state index < -0.39 is 0 Å². The molecule has 25 heavy (non-hydrogen) atoms. The lowest BCUT2D eigenvalue weighted by Gasteiger charge is -2.35. The summed E-state index contributed by atoms with van der Waals surface area (Å²) >= 11 is 0. The van der Waals surface area contributed by atoms with Crippen LogP contribution < -0.4 is 15.5 Å². The van der Waals surface area contributed by atoms with Crippen LogP contribution in [0.1, 0.15) is 31.5 Å². The van der Waals surface area contributed by atoms with Crippen molar-refractivity contribution < 1.29 is 4.52 Å². The smallest absolute Gasteiger partial charge is 0.223 e. The average Bonchev–Trinajstić information content (AvgIpc) is 3.06. The summed E-state index contributed by atoms with van der Waals surface area (Å²) in [4.78, 5) is 11.2. The van der Waals surface area contributed by atoms with Gasteiger partial charge >= 0.3 is 0 Å². The van der Waals surface area contributed by atoms with Crippen molar-refractivity contribution in [3.63, 3.8) is 0 Å². The fourth-order valence-electron chi connectivity index (χ4n) is 3.04. The van der Waals surface area contributed by atoms with Crippen LogP contribution in [-0.2, 0) is 6.54 Å². The number of aromatic nitrogens is 2. The molecule has 1 aliphatic rings. The van der Waals surface area contributed by atoms with Gasteiger partial charge in [-0.2, -0.15) is 4.98 Å². The van der Waals surface area contributed by atoms with E-state index in [0.717, 1.165) is 38.4 Å². The Morgan fingerprint density at radius 3 is 2.92 bits per heavy atom. The number of hydrogen-bond acceptors (Lipinski definition) is 5. The number of benzene rings is 1. The SMILES string of the molecule is CCNC(=NCc1noc(C)n1)NC1CCCN(c2ccccc2)C1. The Labute approximate surface area is 148 Å². The molecule has 1 atom stereocenters. The number of hydrogen-bond donors (Lipinski definition) is 2. The molecule has 0 radical (unpaired) electrons. The highest BCUT2D eigenvalue weighted by atomic mass is 16.5. The first-order chi connectivity index (χ1) is 12.2. The van der Waals surface area contributed by atoms with Crippen molar-refractivity contribution in [1.29, 1.82) is 0 Å². The topological polar surface area (TPSA) is 78.6 Å². The summed E-state index contributed by atoms with van der Waals surface area (Å²) in [5.41, 5.74) is 1.28. The minimum absolute atomic E-state index is 0.360. The summed E-state index contributed by atoms with van der Waals surface area (Å²) in [7, 11) is 0. The Kier molecular flexibility index (Phi) is 5.87. The molecule has 2 heterocycles. The second-order valence-corrected chi connectivity index (χ2v) is 6.19. The zero-order valence-electron chi connectivity index (χ0n) is 14.9. The van der Waals surface area contributed by atoms with Gasteiger partial charge in [0, 0.05) is 38.3 Å². The van der Waals surface area contributed by atoms with Gasteiger partial charge in [0.1, 0.15) is 6.54 Å². The maximum Gasteiger partial charge on any atom is 0.223 e. The minimum Gasteiger partial charge on any atom is -0.369 e. The van der Waals surface area contributed by atoms with Crippen molar-refractivity contribution >= 4 is 11.6 Å². The van der Waals surface area contributed by atoms with E-state index >= 15 is 0 Å². The van der Waals surface area contributed by atoms with E-state index in [1.807, 2.05) is 0 Å². The number of aryl methyl sites for hydroxylation is 1. The Morgan fingerprint density at radius 2 is 2.20 bits per heavy atom. The molecule has 3 rings (SSSR count). The first kappa shape index (κ1) is 17.3. The third-order valence-corrected chi connectivity index (χ3v) is 4.18. The van der Waals surface area contributed by atoms with Crippen LogP contribution in [0.3, 0.4) is 0 Å². The second-order valence-electron chi connectivity index (χ2n) is 6.19. The van der Waals surface area contributed by atoms with Crippen LogP contribution in [0, 0.1) is 6.92 Å². The van der Waals surface area contributed by atoms with Crippen molar-refractivity contribution in [1.82, 2.24) is 20.8 Å². The molecule has 0 bridgehead atoms. The standard InChI is InChI=1S/C18H26N6O/c1-3-19-18(20-12-17-21-14(2)25-23-17)22-15-8-7-11-24(13-15)16-9-5-4-6-10-16/h4-6,9-10,15H,3,7-8,11-13H2,1-2H3,(H2,19,20,22). The monoisotopic (exact) mass is 342 g/mol. The van der Waals surface area contributed by atoms with Crippen molar-refractivity contribution in [2.24, 2.45) is 4.99 Å². The van der Waals surface area contributed by atoms with Gasteiger partial charge in [-0.15, -0.1) is 0 Å². The van der Waals surface area contributed by atoms with E-state index in [4.69, 9.17) is 4.52 Å².